The number of halogens is 2. The predicted molar refractivity (Wildman–Crippen MR) is 98.3 cm³/mol. The van der Waals surface area contributed by atoms with Crippen LogP contribution in [0, 0.1) is 0 Å². The van der Waals surface area contributed by atoms with E-state index in [1.165, 1.54) is 101 Å². The molecule has 22 heavy (non-hydrogen) atoms. The van der Waals surface area contributed by atoms with Crippen molar-refractivity contribution in [3.05, 3.63) is 0 Å². The molecule has 0 heterocycles. The Morgan fingerprint density at radius 2 is 0.955 bits per heavy atom. The van der Waals surface area contributed by atoms with Crippen LogP contribution in [0.25, 0.3) is 0 Å². The fourth-order valence-corrected chi connectivity index (χ4v) is 3.27. The fraction of sp³-hybridized carbons (Fsp3) is 1.00. The van der Waals surface area contributed by atoms with E-state index < -0.39 is 0 Å². The van der Waals surface area contributed by atoms with Crippen LogP contribution < -0.4 is 24.0 Å². The lowest BCUT2D eigenvalue weighted by molar-refractivity contribution is -0.910. The van der Waals surface area contributed by atoms with Crippen molar-refractivity contribution in [1.82, 2.24) is 0 Å². The molecule has 0 saturated carbocycles. The van der Waals surface area contributed by atoms with Gasteiger partial charge in [0, 0.05) is 12.3 Å². The molecule has 136 valence electrons. The zero-order valence-corrected chi connectivity index (χ0v) is 18.4. The molecular weight excluding hydrogens is 405 g/mol. The minimum absolute atomic E-state index is 0. The molecule has 0 N–H and O–H groups in total. The van der Waals surface area contributed by atoms with Gasteiger partial charge in [0.2, 0.25) is 0 Å². The third kappa shape index (κ3) is 15.9. The van der Waals surface area contributed by atoms with Gasteiger partial charge in [0.15, 0.2) is 0 Å². The molecule has 1 atom stereocenters. The van der Waals surface area contributed by atoms with Gasteiger partial charge in [-0.05, 0) is 25.7 Å². The Balaban J connectivity index is 0. The standard InChI is InChI=1S/C19H41ClN.HI/c1-4-6-8-10-12-14-18-21(3,19-15-16-20)17-13-11-9-7-5-2;/h4-19H2,1-3H3;1H/q+1;/p-1. The monoisotopic (exact) mass is 445 g/mol. The summed E-state index contributed by atoms with van der Waals surface area (Å²) in [6, 6.07) is 0. The smallest absolute Gasteiger partial charge is 0.0796 e. The van der Waals surface area contributed by atoms with Gasteiger partial charge in [-0.15, -0.1) is 11.6 Å². The highest BCUT2D eigenvalue weighted by molar-refractivity contribution is 6.17. The zero-order valence-electron chi connectivity index (χ0n) is 15.5. The molecule has 0 amide bonds. The molecule has 1 nitrogen and oxygen atoms in total. The van der Waals surface area contributed by atoms with Gasteiger partial charge >= 0.3 is 0 Å². The molecule has 0 aromatic heterocycles. The second kappa shape index (κ2) is 18.3. The van der Waals surface area contributed by atoms with Crippen molar-refractivity contribution in [3.8, 4) is 0 Å². The molecule has 0 radical (unpaired) electrons. The Labute approximate surface area is 163 Å². The molecule has 0 saturated heterocycles. The Bertz CT molecular complexity index is 214. The van der Waals surface area contributed by atoms with Crippen LogP contribution in [-0.2, 0) is 0 Å². The van der Waals surface area contributed by atoms with Crippen LogP contribution in [0.2, 0.25) is 0 Å². The number of quaternary nitrogens is 1. The van der Waals surface area contributed by atoms with Crippen LogP contribution in [0.5, 0.6) is 0 Å². The average Bonchev–Trinajstić information content (AvgIpc) is 2.49. The van der Waals surface area contributed by atoms with Gasteiger partial charge in [-0.2, -0.15) is 0 Å². The lowest BCUT2D eigenvalue weighted by Crippen LogP contribution is -3.00. The molecule has 0 rings (SSSR count). The van der Waals surface area contributed by atoms with Gasteiger partial charge in [-0.3, -0.25) is 0 Å². The summed E-state index contributed by atoms with van der Waals surface area (Å²) in [6.45, 7) is 8.57. The maximum atomic E-state index is 5.92. The first-order valence-electron chi connectivity index (χ1n) is 9.58. The van der Waals surface area contributed by atoms with E-state index in [0.717, 1.165) is 5.88 Å². The van der Waals surface area contributed by atoms with Gasteiger partial charge in [0.1, 0.15) is 0 Å². The largest absolute Gasteiger partial charge is 1.00 e. The van der Waals surface area contributed by atoms with Crippen LogP contribution >= 0.6 is 11.6 Å². The van der Waals surface area contributed by atoms with Crippen molar-refractivity contribution in [3.63, 3.8) is 0 Å². The van der Waals surface area contributed by atoms with E-state index in [1.54, 1.807) is 0 Å². The summed E-state index contributed by atoms with van der Waals surface area (Å²) in [4.78, 5) is 0. The first-order chi connectivity index (χ1) is 10.2. The lowest BCUT2D eigenvalue weighted by Gasteiger charge is -2.35. The number of rotatable bonds is 16. The molecule has 3 heteroatoms. The predicted octanol–water partition coefficient (Wildman–Crippen LogP) is 3.40. The van der Waals surface area contributed by atoms with Crippen molar-refractivity contribution in [2.24, 2.45) is 0 Å². The lowest BCUT2D eigenvalue weighted by atomic mass is 10.1. The molecule has 0 bridgehead atoms. The minimum Gasteiger partial charge on any atom is -1.00 e. The number of unbranched alkanes of at least 4 members (excludes halogenated alkanes) is 9. The Morgan fingerprint density at radius 1 is 0.591 bits per heavy atom. The highest BCUT2D eigenvalue weighted by Gasteiger charge is 2.19. The maximum Gasteiger partial charge on any atom is 0.0796 e. The molecule has 0 aliphatic carbocycles. The number of hydrogen-bond acceptors (Lipinski definition) is 0. The van der Waals surface area contributed by atoms with Crippen molar-refractivity contribution < 1.29 is 28.5 Å². The van der Waals surface area contributed by atoms with Crippen LogP contribution in [0.4, 0.5) is 0 Å². The molecule has 0 aliphatic rings. The Morgan fingerprint density at radius 3 is 1.36 bits per heavy atom. The topological polar surface area (TPSA) is 0 Å². The number of hydrogen-bond donors (Lipinski definition) is 0. The Hall–Kier alpha value is 0.980. The van der Waals surface area contributed by atoms with Crippen LogP contribution in [-0.4, -0.2) is 37.0 Å². The van der Waals surface area contributed by atoms with Gasteiger partial charge in [0.25, 0.3) is 0 Å². The van der Waals surface area contributed by atoms with Gasteiger partial charge in [0.05, 0.1) is 26.7 Å². The van der Waals surface area contributed by atoms with Crippen LogP contribution in [0.3, 0.4) is 0 Å². The quantitative estimate of drug-likeness (QED) is 0.148. The third-order valence-corrected chi connectivity index (χ3v) is 4.95. The van der Waals surface area contributed by atoms with Gasteiger partial charge in [-0.1, -0.05) is 58.8 Å². The normalized spacial score (nSPS) is 13.6. The molecular formula is C19H41ClIN. The maximum absolute atomic E-state index is 5.92. The van der Waals surface area contributed by atoms with E-state index in [4.69, 9.17) is 11.6 Å². The molecule has 1 unspecified atom stereocenters. The van der Waals surface area contributed by atoms with Gasteiger partial charge < -0.3 is 28.5 Å². The van der Waals surface area contributed by atoms with Crippen molar-refractivity contribution >= 4 is 11.6 Å². The van der Waals surface area contributed by atoms with Gasteiger partial charge in [-0.25, -0.2) is 0 Å². The average molecular weight is 446 g/mol. The fourth-order valence-electron chi connectivity index (χ4n) is 3.15. The molecule has 0 aliphatic heterocycles. The highest BCUT2D eigenvalue weighted by atomic mass is 127. The number of nitrogens with zero attached hydrogens (tertiary/aromatic N) is 1. The van der Waals surface area contributed by atoms with Crippen molar-refractivity contribution in [2.45, 2.75) is 90.9 Å². The van der Waals surface area contributed by atoms with E-state index in [2.05, 4.69) is 20.9 Å². The first kappa shape index (κ1) is 25.2. The summed E-state index contributed by atoms with van der Waals surface area (Å²) in [5, 5.41) is 0. The summed E-state index contributed by atoms with van der Waals surface area (Å²) >= 11 is 5.92. The van der Waals surface area contributed by atoms with E-state index in [1.807, 2.05) is 0 Å². The minimum atomic E-state index is 0. The van der Waals surface area contributed by atoms with E-state index in [9.17, 15) is 0 Å². The summed E-state index contributed by atoms with van der Waals surface area (Å²) in [5.74, 6) is 0.820. The van der Waals surface area contributed by atoms with E-state index in [-0.39, 0.29) is 24.0 Å². The van der Waals surface area contributed by atoms with E-state index >= 15 is 0 Å². The summed E-state index contributed by atoms with van der Waals surface area (Å²) in [7, 11) is 2.46. The second-order valence-electron chi connectivity index (χ2n) is 7.01. The molecule has 0 fully saturated rings. The van der Waals surface area contributed by atoms with E-state index in [0.29, 0.717) is 0 Å². The first-order valence-corrected chi connectivity index (χ1v) is 10.1. The van der Waals surface area contributed by atoms with Crippen LogP contribution in [0.15, 0.2) is 0 Å². The van der Waals surface area contributed by atoms with Crippen molar-refractivity contribution in [2.75, 3.05) is 32.6 Å². The molecule has 0 aromatic rings. The number of alkyl halides is 1. The molecule has 0 spiro atoms. The van der Waals surface area contributed by atoms with Crippen molar-refractivity contribution in [1.29, 1.82) is 0 Å². The summed E-state index contributed by atoms with van der Waals surface area (Å²) < 4.78 is 1.26. The summed E-state index contributed by atoms with van der Waals surface area (Å²) in [5.41, 5.74) is 0. The zero-order chi connectivity index (χ0) is 15.8. The summed E-state index contributed by atoms with van der Waals surface area (Å²) in [6.07, 6.45) is 16.6. The highest BCUT2D eigenvalue weighted by Crippen LogP contribution is 2.14. The molecule has 0 aromatic carbocycles. The third-order valence-electron chi connectivity index (χ3n) is 4.68. The SMILES string of the molecule is CCCCCCCC[N+](C)(CCCCl)CCCCCCC.[I-]. The second-order valence-corrected chi connectivity index (χ2v) is 7.39. The van der Waals surface area contributed by atoms with Crippen LogP contribution in [0.1, 0.15) is 90.9 Å². The Kier molecular flexibility index (Phi) is 21.0.